The van der Waals surface area contributed by atoms with Crippen LogP contribution in [0.1, 0.15) is 34.3 Å². The second-order valence-electron chi connectivity index (χ2n) is 8.04. The van der Waals surface area contributed by atoms with E-state index >= 15 is 0 Å². The van der Waals surface area contributed by atoms with Crippen molar-refractivity contribution in [2.45, 2.75) is 25.2 Å². The van der Waals surface area contributed by atoms with E-state index in [1.165, 1.54) is 0 Å². The van der Waals surface area contributed by atoms with Gasteiger partial charge in [-0.3, -0.25) is 15.3 Å². The largest absolute Gasteiger partial charge is 0.454 e. The number of benzene rings is 3. The average molecular weight is 413 g/mol. The van der Waals surface area contributed by atoms with E-state index in [4.69, 9.17) is 15.2 Å². The number of fused-ring (bicyclic) bond motifs is 1. The molecule has 2 N–H and O–H groups in total. The van der Waals surface area contributed by atoms with Gasteiger partial charge in [-0.1, -0.05) is 24.3 Å². The van der Waals surface area contributed by atoms with Gasteiger partial charge in [0.2, 0.25) is 12.7 Å². The molecule has 0 spiro atoms. The molecule has 1 heterocycles. The summed E-state index contributed by atoms with van der Waals surface area (Å²) < 4.78 is 10.9. The van der Waals surface area contributed by atoms with Crippen LogP contribution in [0.4, 0.5) is 5.69 Å². The Bertz CT molecular complexity index is 1200. The Kier molecular flexibility index (Phi) is 4.43. The quantitative estimate of drug-likeness (QED) is 0.668. The van der Waals surface area contributed by atoms with Crippen molar-refractivity contribution in [3.63, 3.8) is 0 Å². The number of rotatable bonds is 5. The maximum Gasteiger partial charge on any atom is 0.269 e. The SMILES string of the molecule is Cc1ccc(NC(=O)C2(c3ccc4c(c3)OCO4)CC2)cc1-c1ccc(C([NH])=O)cc1. The van der Waals surface area contributed by atoms with E-state index in [2.05, 4.69) is 5.32 Å². The summed E-state index contributed by atoms with van der Waals surface area (Å²) >= 11 is 0. The summed E-state index contributed by atoms with van der Waals surface area (Å²) in [5.41, 5.74) is 11.6. The van der Waals surface area contributed by atoms with E-state index < -0.39 is 11.3 Å². The molecule has 3 aromatic rings. The topological polar surface area (TPSA) is 88.4 Å². The summed E-state index contributed by atoms with van der Waals surface area (Å²) in [5, 5.41) is 3.08. The molecular weight excluding hydrogens is 392 g/mol. The summed E-state index contributed by atoms with van der Waals surface area (Å²) in [4.78, 5) is 24.4. The van der Waals surface area contributed by atoms with Crippen LogP contribution in [-0.2, 0) is 10.2 Å². The maximum atomic E-state index is 13.2. The molecule has 0 saturated heterocycles. The molecular formula is C25H21N2O4. The Balaban J connectivity index is 1.39. The zero-order valence-electron chi connectivity index (χ0n) is 17.0. The number of hydrogen-bond donors (Lipinski definition) is 1. The molecule has 1 aliphatic heterocycles. The number of ether oxygens (including phenoxy) is 2. The van der Waals surface area contributed by atoms with Gasteiger partial charge in [-0.25, -0.2) is 0 Å². The van der Waals surface area contributed by atoms with Gasteiger partial charge in [0.05, 0.1) is 5.41 Å². The van der Waals surface area contributed by atoms with Crippen molar-refractivity contribution >= 4 is 17.5 Å². The van der Waals surface area contributed by atoms with Crippen molar-refractivity contribution in [3.8, 4) is 22.6 Å². The van der Waals surface area contributed by atoms with Crippen LogP contribution in [0.5, 0.6) is 11.5 Å². The van der Waals surface area contributed by atoms with Gasteiger partial charge < -0.3 is 14.8 Å². The highest BCUT2D eigenvalue weighted by Gasteiger charge is 2.51. The van der Waals surface area contributed by atoms with E-state index in [-0.39, 0.29) is 12.7 Å². The molecule has 1 saturated carbocycles. The van der Waals surface area contributed by atoms with Crippen LogP contribution in [0.25, 0.3) is 11.1 Å². The normalized spacial score (nSPS) is 15.4. The van der Waals surface area contributed by atoms with Crippen molar-refractivity contribution in [2.24, 2.45) is 0 Å². The second kappa shape index (κ2) is 7.16. The fourth-order valence-electron chi connectivity index (χ4n) is 4.03. The molecule has 3 aromatic carbocycles. The Morgan fingerprint density at radius 3 is 2.39 bits per heavy atom. The monoisotopic (exact) mass is 413 g/mol. The first kappa shape index (κ1) is 19.2. The van der Waals surface area contributed by atoms with E-state index in [1.807, 2.05) is 55.5 Å². The van der Waals surface area contributed by atoms with Crippen LogP contribution in [0, 0.1) is 6.92 Å². The molecule has 6 nitrogen and oxygen atoms in total. The van der Waals surface area contributed by atoms with Crippen LogP contribution in [0.15, 0.2) is 60.7 Å². The zero-order valence-corrected chi connectivity index (χ0v) is 17.0. The molecule has 0 aromatic heterocycles. The maximum absolute atomic E-state index is 13.2. The molecule has 2 aliphatic rings. The van der Waals surface area contributed by atoms with Crippen LogP contribution >= 0.6 is 0 Å². The van der Waals surface area contributed by atoms with Crippen molar-refractivity contribution in [1.82, 2.24) is 5.73 Å². The minimum Gasteiger partial charge on any atom is -0.454 e. The third-order valence-electron chi connectivity index (χ3n) is 6.06. The van der Waals surface area contributed by atoms with Crippen molar-refractivity contribution in [2.75, 3.05) is 12.1 Å². The van der Waals surface area contributed by atoms with Crippen LogP contribution in [-0.4, -0.2) is 18.6 Å². The van der Waals surface area contributed by atoms with E-state index in [9.17, 15) is 9.59 Å². The predicted molar refractivity (Wildman–Crippen MR) is 116 cm³/mol. The molecule has 0 unspecified atom stereocenters. The first-order valence-corrected chi connectivity index (χ1v) is 10.1. The van der Waals surface area contributed by atoms with E-state index in [0.717, 1.165) is 40.8 Å². The average Bonchev–Trinajstić information content (AvgIpc) is 3.46. The van der Waals surface area contributed by atoms with Crippen LogP contribution < -0.4 is 20.5 Å². The van der Waals surface area contributed by atoms with Crippen molar-refractivity contribution in [1.29, 1.82) is 0 Å². The summed E-state index contributed by atoms with van der Waals surface area (Å²) in [7, 11) is 0. The van der Waals surface area contributed by atoms with Gasteiger partial charge in [-0.15, -0.1) is 0 Å². The molecule has 31 heavy (non-hydrogen) atoms. The number of amides is 2. The van der Waals surface area contributed by atoms with Gasteiger partial charge in [-0.05, 0) is 78.4 Å². The summed E-state index contributed by atoms with van der Waals surface area (Å²) in [6.07, 6.45) is 1.58. The Hall–Kier alpha value is -3.80. The van der Waals surface area contributed by atoms with Crippen LogP contribution in [0.3, 0.4) is 0 Å². The standard InChI is InChI=1S/C25H21N2O4/c1-15-2-8-19(13-20(15)16-3-5-17(6-4-16)23(26)28)27-24(29)25(10-11-25)18-7-9-21-22(12-18)31-14-30-21/h2-9,12-13,26H,10-11,14H2,1H3,(H,27,29). The Labute approximate surface area is 180 Å². The van der Waals surface area contributed by atoms with E-state index in [1.54, 1.807) is 12.1 Å². The third-order valence-corrected chi connectivity index (χ3v) is 6.06. The molecule has 0 atom stereocenters. The molecule has 0 bridgehead atoms. The highest BCUT2D eigenvalue weighted by molar-refractivity contribution is 6.02. The number of hydrogen-bond acceptors (Lipinski definition) is 4. The molecule has 2 amide bonds. The number of anilines is 1. The Morgan fingerprint density at radius 1 is 0.935 bits per heavy atom. The lowest BCUT2D eigenvalue weighted by atomic mass is 9.94. The number of nitrogens with one attached hydrogen (secondary N) is 2. The van der Waals surface area contributed by atoms with Gasteiger partial charge in [0.15, 0.2) is 11.5 Å². The van der Waals surface area contributed by atoms with Crippen molar-refractivity contribution < 1.29 is 19.1 Å². The Morgan fingerprint density at radius 2 is 1.68 bits per heavy atom. The first-order valence-electron chi connectivity index (χ1n) is 10.1. The smallest absolute Gasteiger partial charge is 0.269 e. The molecule has 5 rings (SSSR count). The third kappa shape index (κ3) is 3.40. The van der Waals surface area contributed by atoms with Gasteiger partial charge in [0.25, 0.3) is 5.91 Å². The molecule has 155 valence electrons. The second-order valence-corrected chi connectivity index (χ2v) is 8.04. The summed E-state index contributed by atoms with van der Waals surface area (Å²) in [5.74, 6) is 0.656. The zero-order chi connectivity index (χ0) is 21.6. The lowest BCUT2D eigenvalue weighted by Crippen LogP contribution is -2.27. The number of carbonyl (C=O) groups is 2. The number of aryl methyl sites for hydroxylation is 1. The lowest BCUT2D eigenvalue weighted by Gasteiger charge is -2.17. The number of carbonyl (C=O) groups excluding carboxylic acids is 2. The molecule has 1 radical (unpaired) electrons. The van der Waals surface area contributed by atoms with Gasteiger partial charge in [0.1, 0.15) is 0 Å². The molecule has 6 heteroatoms. The minimum absolute atomic E-state index is 0.0312. The fraction of sp³-hybridized carbons (Fsp3) is 0.200. The van der Waals surface area contributed by atoms with Crippen LogP contribution in [0.2, 0.25) is 0 Å². The minimum atomic E-state index is -0.706. The van der Waals surface area contributed by atoms with Gasteiger partial charge in [-0.2, -0.15) is 0 Å². The fourth-order valence-corrected chi connectivity index (χ4v) is 4.03. The lowest BCUT2D eigenvalue weighted by molar-refractivity contribution is -0.118. The van der Waals surface area contributed by atoms with E-state index in [0.29, 0.717) is 17.1 Å². The predicted octanol–water partition coefficient (Wildman–Crippen LogP) is 4.48. The first-order chi connectivity index (χ1) is 15.0. The summed E-state index contributed by atoms with van der Waals surface area (Å²) in [6.45, 7) is 2.21. The van der Waals surface area contributed by atoms with Gasteiger partial charge >= 0.3 is 0 Å². The summed E-state index contributed by atoms with van der Waals surface area (Å²) in [6, 6.07) is 18.5. The highest BCUT2D eigenvalue weighted by atomic mass is 16.7. The van der Waals surface area contributed by atoms with Crippen molar-refractivity contribution in [3.05, 3.63) is 77.4 Å². The molecule has 1 fully saturated rings. The highest BCUT2D eigenvalue weighted by Crippen LogP contribution is 2.51. The molecule has 1 aliphatic carbocycles. The van der Waals surface area contributed by atoms with Gasteiger partial charge in [0, 0.05) is 11.3 Å².